The molecule has 1 saturated heterocycles. The molecule has 0 aromatic rings. The van der Waals surface area contributed by atoms with E-state index < -0.39 is 0 Å². The standard InChI is InChI=1S/C17H28N2OS2/c1-3-14(11-18-13-8-6-4-5-7-9-13)21-17-12(2)19-15(20)10-16(19)22-17/h13-14,16,18H,3-11H2,1-2H3. The summed E-state index contributed by atoms with van der Waals surface area (Å²) in [6.45, 7) is 5.49. The highest BCUT2D eigenvalue weighted by Gasteiger charge is 2.44. The lowest BCUT2D eigenvalue weighted by Crippen LogP contribution is -2.46. The molecule has 5 heteroatoms. The first-order valence-corrected chi connectivity index (χ1v) is 10.5. The van der Waals surface area contributed by atoms with Crippen LogP contribution in [0.15, 0.2) is 9.93 Å². The largest absolute Gasteiger partial charge is 0.313 e. The highest BCUT2D eigenvalue weighted by molar-refractivity contribution is 8.23. The van der Waals surface area contributed by atoms with Gasteiger partial charge in [-0.05, 0) is 26.2 Å². The van der Waals surface area contributed by atoms with E-state index in [1.165, 1.54) is 54.9 Å². The molecule has 1 amide bonds. The Labute approximate surface area is 143 Å². The number of β-lactam (4-membered cyclic amide) rings is 1. The van der Waals surface area contributed by atoms with Gasteiger partial charge >= 0.3 is 0 Å². The molecule has 1 saturated carbocycles. The van der Waals surface area contributed by atoms with Gasteiger partial charge in [-0.2, -0.15) is 0 Å². The first-order chi connectivity index (χ1) is 10.7. The van der Waals surface area contributed by atoms with E-state index in [0.29, 0.717) is 16.5 Å². The number of rotatable bonds is 6. The van der Waals surface area contributed by atoms with E-state index in [0.717, 1.165) is 19.0 Å². The van der Waals surface area contributed by atoms with Gasteiger partial charge in [-0.1, -0.05) is 44.4 Å². The maximum absolute atomic E-state index is 11.6. The third-order valence-electron chi connectivity index (χ3n) is 5.02. The van der Waals surface area contributed by atoms with Gasteiger partial charge in [0.05, 0.1) is 16.0 Å². The van der Waals surface area contributed by atoms with Crippen LogP contribution in [0.1, 0.15) is 65.2 Å². The number of hydrogen-bond donors (Lipinski definition) is 1. The van der Waals surface area contributed by atoms with Crippen LogP contribution in [0.5, 0.6) is 0 Å². The molecule has 2 fully saturated rings. The van der Waals surface area contributed by atoms with Crippen molar-refractivity contribution in [3.05, 3.63) is 9.93 Å². The van der Waals surface area contributed by atoms with Gasteiger partial charge in [0.1, 0.15) is 0 Å². The lowest BCUT2D eigenvalue weighted by molar-refractivity contribution is -0.138. The van der Waals surface area contributed by atoms with Gasteiger partial charge in [-0.25, -0.2) is 0 Å². The molecule has 3 nitrogen and oxygen atoms in total. The molecule has 22 heavy (non-hydrogen) atoms. The normalized spacial score (nSPS) is 27.6. The Morgan fingerprint density at radius 2 is 2.05 bits per heavy atom. The lowest BCUT2D eigenvalue weighted by atomic mass is 10.1. The van der Waals surface area contributed by atoms with Gasteiger partial charge < -0.3 is 10.2 Å². The number of nitrogens with zero attached hydrogens (tertiary/aromatic N) is 1. The molecule has 2 aliphatic heterocycles. The van der Waals surface area contributed by atoms with Crippen LogP contribution in [-0.2, 0) is 4.79 Å². The van der Waals surface area contributed by atoms with Crippen molar-refractivity contribution in [1.82, 2.24) is 10.2 Å². The molecular formula is C17H28N2OS2. The van der Waals surface area contributed by atoms with E-state index in [-0.39, 0.29) is 0 Å². The Hall–Kier alpha value is -0.130. The minimum atomic E-state index is 0.301. The van der Waals surface area contributed by atoms with Crippen LogP contribution >= 0.6 is 23.5 Å². The van der Waals surface area contributed by atoms with Crippen LogP contribution in [0.4, 0.5) is 0 Å². The average Bonchev–Trinajstić information content (AvgIpc) is 2.68. The SMILES string of the molecule is CCC(CNC1CCCCCC1)SC1=C(C)N2C(=O)CC2S1. The quantitative estimate of drug-likeness (QED) is 0.577. The zero-order valence-electron chi connectivity index (χ0n) is 13.8. The highest BCUT2D eigenvalue weighted by atomic mass is 32.2. The number of thioether (sulfide) groups is 2. The van der Waals surface area contributed by atoms with E-state index in [9.17, 15) is 4.79 Å². The number of nitrogens with one attached hydrogen (secondary N) is 1. The van der Waals surface area contributed by atoms with Crippen LogP contribution in [0, 0.1) is 0 Å². The zero-order valence-corrected chi connectivity index (χ0v) is 15.4. The van der Waals surface area contributed by atoms with Gasteiger partial charge in [0.15, 0.2) is 0 Å². The molecule has 0 bridgehead atoms. The van der Waals surface area contributed by atoms with Crippen LogP contribution in [0.25, 0.3) is 0 Å². The van der Waals surface area contributed by atoms with E-state index in [1.807, 2.05) is 28.4 Å². The summed E-state index contributed by atoms with van der Waals surface area (Å²) in [6.07, 6.45) is 10.2. The summed E-state index contributed by atoms with van der Waals surface area (Å²) >= 11 is 3.89. The molecule has 0 spiro atoms. The fourth-order valence-electron chi connectivity index (χ4n) is 3.51. The Morgan fingerprint density at radius 3 is 2.64 bits per heavy atom. The monoisotopic (exact) mass is 340 g/mol. The van der Waals surface area contributed by atoms with Gasteiger partial charge in [0.2, 0.25) is 5.91 Å². The van der Waals surface area contributed by atoms with Crippen LogP contribution in [0.3, 0.4) is 0 Å². The van der Waals surface area contributed by atoms with Crippen molar-refractivity contribution in [2.75, 3.05) is 6.54 Å². The van der Waals surface area contributed by atoms with Crippen molar-refractivity contribution in [2.24, 2.45) is 0 Å². The molecule has 1 aliphatic carbocycles. The number of amides is 1. The lowest BCUT2D eigenvalue weighted by Gasteiger charge is -2.34. The fourth-order valence-corrected chi connectivity index (χ4v) is 6.51. The second-order valence-corrected chi connectivity index (χ2v) is 9.42. The molecule has 0 radical (unpaired) electrons. The first-order valence-electron chi connectivity index (χ1n) is 8.78. The van der Waals surface area contributed by atoms with Gasteiger partial charge in [-0.15, -0.1) is 11.8 Å². The van der Waals surface area contributed by atoms with Crippen LogP contribution < -0.4 is 5.32 Å². The highest BCUT2D eigenvalue weighted by Crippen LogP contribution is 2.51. The number of carbonyl (C=O) groups is 1. The second-order valence-electron chi connectivity index (χ2n) is 6.66. The summed E-state index contributed by atoms with van der Waals surface area (Å²) in [6, 6.07) is 0.727. The van der Waals surface area contributed by atoms with Crippen molar-refractivity contribution in [2.45, 2.75) is 81.9 Å². The summed E-state index contributed by atoms with van der Waals surface area (Å²) in [5.74, 6) is 0.301. The van der Waals surface area contributed by atoms with E-state index in [2.05, 4.69) is 19.2 Å². The maximum Gasteiger partial charge on any atom is 0.230 e. The predicted molar refractivity (Wildman–Crippen MR) is 96.7 cm³/mol. The topological polar surface area (TPSA) is 32.3 Å². The molecule has 124 valence electrons. The molecule has 3 rings (SSSR count). The first kappa shape index (κ1) is 16.7. The average molecular weight is 341 g/mol. The van der Waals surface area contributed by atoms with E-state index in [4.69, 9.17) is 0 Å². The smallest absolute Gasteiger partial charge is 0.230 e. The summed E-state index contributed by atoms with van der Waals surface area (Å²) in [7, 11) is 0. The summed E-state index contributed by atoms with van der Waals surface area (Å²) in [4.78, 5) is 13.6. The van der Waals surface area contributed by atoms with Crippen molar-refractivity contribution in [1.29, 1.82) is 0 Å². The van der Waals surface area contributed by atoms with E-state index in [1.54, 1.807) is 0 Å². The van der Waals surface area contributed by atoms with Crippen molar-refractivity contribution >= 4 is 29.4 Å². The van der Waals surface area contributed by atoms with Gasteiger partial charge in [-0.3, -0.25) is 4.79 Å². The molecule has 0 aromatic heterocycles. The number of hydrogen-bond acceptors (Lipinski definition) is 4. The molecule has 0 aromatic carbocycles. The van der Waals surface area contributed by atoms with Crippen molar-refractivity contribution in [3.63, 3.8) is 0 Å². The van der Waals surface area contributed by atoms with Crippen LogP contribution in [-0.4, -0.2) is 34.0 Å². The maximum atomic E-state index is 11.6. The third kappa shape index (κ3) is 3.68. The van der Waals surface area contributed by atoms with Crippen molar-refractivity contribution < 1.29 is 4.79 Å². The minimum Gasteiger partial charge on any atom is -0.313 e. The Kier molecular flexibility index (Phi) is 5.80. The number of carbonyl (C=O) groups excluding carboxylic acids is 1. The second kappa shape index (κ2) is 7.63. The summed E-state index contributed by atoms with van der Waals surface area (Å²) < 4.78 is 1.38. The summed E-state index contributed by atoms with van der Waals surface area (Å²) in [5, 5.41) is 4.84. The van der Waals surface area contributed by atoms with Gasteiger partial charge in [0, 0.05) is 23.5 Å². The molecule has 2 heterocycles. The van der Waals surface area contributed by atoms with Crippen molar-refractivity contribution in [3.8, 4) is 0 Å². The molecule has 3 aliphatic rings. The fraction of sp³-hybridized carbons (Fsp3) is 0.824. The predicted octanol–water partition coefficient (Wildman–Crippen LogP) is 4.30. The zero-order chi connectivity index (χ0) is 15.5. The summed E-state index contributed by atoms with van der Waals surface area (Å²) in [5.41, 5.74) is 1.20. The minimum absolute atomic E-state index is 0.301. The Morgan fingerprint density at radius 1 is 1.32 bits per heavy atom. The third-order valence-corrected chi connectivity index (χ3v) is 8.10. The van der Waals surface area contributed by atoms with E-state index >= 15 is 0 Å². The molecule has 2 atom stereocenters. The van der Waals surface area contributed by atoms with Crippen LogP contribution in [0.2, 0.25) is 0 Å². The molecular weight excluding hydrogens is 312 g/mol. The number of fused-ring (bicyclic) bond motifs is 1. The molecule has 2 unspecified atom stereocenters. The Balaban J connectivity index is 1.49. The van der Waals surface area contributed by atoms with Gasteiger partial charge in [0.25, 0.3) is 0 Å². The Bertz CT molecular complexity index is 444. The molecule has 1 N–H and O–H groups in total. The number of allylic oxidation sites excluding steroid dienone is 1.